The van der Waals surface area contributed by atoms with Gasteiger partial charge in [-0.1, -0.05) is 75.6 Å². The number of carbonyl (C=O) groups is 3. The van der Waals surface area contributed by atoms with E-state index in [1.54, 1.807) is 4.90 Å². The number of anilines is 1. The Balaban J connectivity index is 1.65. The average molecular weight is 447 g/mol. The van der Waals surface area contributed by atoms with E-state index in [1.165, 1.54) is 4.90 Å². The maximum absolute atomic E-state index is 13.8. The van der Waals surface area contributed by atoms with Crippen molar-refractivity contribution >= 4 is 23.4 Å². The van der Waals surface area contributed by atoms with Crippen LogP contribution < -0.4 is 4.90 Å². The molecule has 1 aliphatic carbocycles. The van der Waals surface area contributed by atoms with Crippen LogP contribution in [0, 0.1) is 5.92 Å². The number of amides is 3. The molecule has 2 fully saturated rings. The van der Waals surface area contributed by atoms with E-state index in [0.29, 0.717) is 11.6 Å². The summed E-state index contributed by atoms with van der Waals surface area (Å²) in [6.07, 6.45) is 4.96. The van der Waals surface area contributed by atoms with Crippen LogP contribution >= 0.6 is 0 Å². The van der Waals surface area contributed by atoms with Gasteiger partial charge in [-0.25, -0.2) is 4.90 Å². The summed E-state index contributed by atoms with van der Waals surface area (Å²) in [4.78, 5) is 43.4. The van der Waals surface area contributed by atoms with Gasteiger partial charge in [0.05, 0.1) is 18.2 Å². The molecular formula is C28H34N2O3. The van der Waals surface area contributed by atoms with Crippen molar-refractivity contribution in [1.29, 1.82) is 0 Å². The van der Waals surface area contributed by atoms with Gasteiger partial charge in [0.1, 0.15) is 6.04 Å². The number of nitrogens with zero attached hydrogens (tertiary/aromatic N) is 2. The van der Waals surface area contributed by atoms with E-state index in [1.807, 2.05) is 61.5 Å². The van der Waals surface area contributed by atoms with Gasteiger partial charge in [-0.2, -0.15) is 0 Å². The first-order valence-electron chi connectivity index (χ1n) is 12.2. The van der Waals surface area contributed by atoms with E-state index in [2.05, 4.69) is 13.8 Å². The minimum atomic E-state index is -0.771. The van der Waals surface area contributed by atoms with Crippen molar-refractivity contribution in [3.05, 3.63) is 65.7 Å². The Morgan fingerprint density at radius 3 is 2.12 bits per heavy atom. The van der Waals surface area contributed by atoms with Gasteiger partial charge >= 0.3 is 0 Å². The van der Waals surface area contributed by atoms with Crippen molar-refractivity contribution in [2.24, 2.45) is 5.92 Å². The first-order valence-corrected chi connectivity index (χ1v) is 12.2. The predicted molar refractivity (Wildman–Crippen MR) is 130 cm³/mol. The van der Waals surface area contributed by atoms with Crippen molar-refractivity contribution in [2.45, 2.75) is 77.3 Å². The van der Waals surface area contributed by atoms with Crippen LogP contribution in [0.3, 0.4) is 0 Å². The monoisotopic (exact) mass is 446 g/mol. The van der Waals surface area contributed by atoms with Crippen molar-refractivity contribution in [2.75, 3.05) is 4.90 Å². The Hall–Kier alpha value is -2.95. The molecule has 1 saturated heterocycles. The third-order valence-electron chi connectivity index (χ3n) is 7.18. The van der Waals surface area contributed by atoms with Gasteiger partial charge in [0.25, 0.3) is 5.91 Å². The number of benzene rings is 2. The number of rotatable bonds is 6. The van der Waals surface area contributed by atoms with E-state index < -0.39 is 6.04 Å². The Bertz CT molecular complexity index is 994. The zero-order valence-corrected chi connectivity index (χ0v) is 19.9. The highest BCUT2D eigenvalue weighted by atomic mass is 16.2. The fourth-order valence-electron chi connectivity index (χ4n) is 5.18. The number of hydrogen-bond acceptors (Lipinski definition) is 3. The van der Waals surface area contributed by atoms with E-state index in [-0.39, 0.29) is 36.1 Å². The third kappa shape index (κ3) is 4.73. The van der Waals surface area contributed by atoms with Crippen LogP contribution in [-0.4, -0.2) is 28.7 Å². The largest absolute Gasteiger partial charge is 0.323 e. The van der Waals surface area contributed by atoms with Gasteiger partial charge in [-0.3, -0.25) is 14.4 Å². The van der Waals surface area contributed by atoms with E-state index in [0.717, 1.165) is 43.2 Å². The second kappa shape index (κ2) is 9.90. The molecule has 174 valence electrons. The number of imide groups is 1. The summed E-state index contributed by atoms with van der Waals surface area (Å²) in [6.45, 7) is 6.18. The topological polar surface area (TPSA) is 57.7 Å². The fraction of sp³-hybridized carbons (Fsp3) is 0.464. The van der Waals surface area contributed by atoms with Crippen LogP contribution in [0.2, 0.25) is 0 Å². The van der Waals surface area contributed by atoms with Gasteiger partial charge in [0.2, 0.25) is 11.8 Å². The Morgan fingerprint density at radius 2 is 1.52 bits per heavy atom. The Morgan fingerprint density at radius 1 is 0.879 bits per heavy atom. The second-order valence-electron chi connectivity index (χ2n) is 9.70. The maximum Gasteiger partial charge on any atom is 0.257 e. The first-order chi connectivity index (χ1) is 15.9. The van der Waals surface area contributed by atoms with Crippen LogP contribution in [0.1, 0.15) is 82.4 Å². The van der Waals surface area contributed by atoms with Gasteiger partial charge in [0.15, 0.2) is 0 Å². The van der Waals surface area contributed by atoms with Crippen molar-refractivity contribution in [3.8, 4) is 0 Å². The summed E-state index contributed by atoms with van der Waals surface area (Å²) in [5, 5.41) is 0. The van der Waals surface area contributed by atoms with Crippen LogP contribution in [0.25, 0.3) is 0 Å². The summed E-state index contributed by atoms with van der Waals surface area (Å²) in [5.74, 6) is -0.248. The van der Waals surface area contributed by atoms with Gasteiger partial charge in [0, 0.05) is 5.92 Å². The molecule has 0 aromatic heterocycles. The van der Waals surface area contributed by atoms with Crippen molar-refractivity contribution in [1.82, 2.24) is 4.90 Å². The molecule has 1 aliphatic heterocycles. The lowest BCUT2D eigenvalue weighted by atomic mass is 9.87. The van der Waals surface area contributed by atoms with Crippen LogP contribution in [0.4, 0.5) is 5.69 Å². The quantitative estimate of drug-likeness (QED) is 0.542. The van der Waals surface area contributed by atoms with Gasteiger partial charge in [-0.05, 0) is 48.9 Å². The molecule has 3 amide bonds. The maximum atomic E-state index is 13.8. The lowest BCUT2D eigenvalue weighted by Crippen LogP contribution is -2.49. The Kier molecular flexibility index (Phi) is 6.96. The smallest absolute Gasteiger partial charge is 0.257 e. The van der Waals surface area contributed by atoms with Crippen LogP contribution in [0.15, 0.2) is 54.6 Å². The summed E-state index contributed by atoms with van der Waals surface area (Å²) < 4.78 is 0. The van der Waals surface area contributed by atoms with E-state index in [4.69, 9.17) is 0 Å². The summed E-state index contributed by atoms with van der Waals surface area (Å²) in [5.41, 5.74) is 2.71. The molecule has 4 rings (SSSR count). The molecule has 2 aromatic carbocycles. The van der Waals surface area contributed by atoms with E-state index >= 15 is 0 Å². The fourth-order valence-corrected chi connectivity index (χ4v) is 5.18. The molecule has 5 heteroatoms. The molecular weight excluding hydrogens is 412 g/mol. The summed E-state index contributed by atoms with van der Waals surface area (Å²) >= 11 is 0. The molecule has 5 nitrogen and oxygen atoms in total. The van der Waals surface area contributed by atoms with Gasteiger partial charge < -0.3 is 4.90 Å². The number of hydrogen-bond donors (Lipinski definition) is 0. The van der Waals surface area contributed by atoms with Crippen LogP contribution in [0.5, 0.6) is 0 Å². The predicted octanol–water partition coefficient (Wildman–Crippen LogP) is 5.61. The molecule has 1 heterocycles. The van der Waals surface area contributed by atoms with Crippen molar-refractivity contribution < 1.29 is 14.4 Å². The lowest BCUT2D eigenvalue weighted by Gasteiger charge is -2.37. The highest BCUT2D eigenvalue weighted by molar-refractivity contribution is 6.23. The standard InChI is InChI=1S/C28H34N2O3/c1-19(2)21-14-16-24(17-15-21)30-26(31)18-25(28(30)33)29(20(3)22-10-6-4-7-11-22)27(32)23-12-8-5-9-13-23/h4,6-7,10-11,14-17,19-20,23,25H,5,8-9,12-13,18H2,1-3H3. The zero-order valence-electron chi connectivity index (χ0n) is 19.9. The minimum absolute atomic E-state index is 0.00853. The second-order valence-corrected chi connectivity index (χ2v) is 9.70. The molecule has 2 aromatic rings. The number of carbonyl (C=O) groups excluding carboxylic acids is 3. The molecule has 0 bridgehead atoms. The van der Waals surface area contributed by atoms with Crippen LogP contribution in [-0.2, 0) is 14.4 Å². The molecule has 0 radical (unpaired) electrons. The highest BCUT2D eigenvalue weighted by Crippen LogP contribution is 2.35. The molecule has 33 heavy (non-hydrogen) atoms. The van der Waals surface area contributed by atoms with Gasteiger partial charge in [-0.15, -0.1) is 0 Å². The zero-order chi connectivity index (χ0) is 23.5. The van der Waals surface area contributed by atoms with Crippen molar-refractivity contribution in [3.63, 3.8) is 0 Å². The SMILES string of the molecule is CC(C)c1ccc(N2C(=O)CC(N(C(=O)C3CCCCC3)C(C)c3ccccc3)C2=O)cc1. The highest BCUT2D eigenvalue weighted by Gasteiger charge is 2.47. The summed E-state index contributed by atoms with van der Waals surface area (Å²) in [6, 6.07) is 16.3. The molecule has 2 atom stereocenters. The molecule has 0 N–H and O–H groups in total. The average Bonchev–Trinajstić information content (AvgIpc) is 3.13. The molecule has 1 saturated carbocycles. The Labute approximate surface area is 196 Å². The third-order valence-corrected chi connectivity index (χ3v) is 7.18. The molecule has 0 spiro atoms. The normalized spacial score (nSPS) is 20.4. The molecule has 2 unspecified atom stereocenters. The summed E-state index contributed by atoms with van der Waals surface area (Å²) in [7, 11) is 0. The first kappa shape index (κ1) is 23.2. The minimum Gasteiger partial charge on any atom is -0.323 e. The van der Waals surface area contributed by atoms with E-state index in [9.17, 15) is 14.4 Å². The lowest BCUT2D eigenvalue weighted by molar-refractivity contribution is -0.145. The molecule has 2 aliphatic rings.